The van der Waals surface area contributed by atoms with E-state index in [1.807, 2.05) is 43.3 Å². The van der Waals surface area contributed by atoms with Crippen molar-refractivity contribution in [2.24, 2.45) is 0 Å². The highest BCUT2D eigenvalue weighted by Gasteiger charge is 2.44. The van der Waals surface area contributed by atoms with Gasteiger partial charge in [0.15, 0.2) is 5.82 Å². The topological polar surface area (TPSA) is 139 Å². The molecule has 2 atom stereocenters. The van der Waals surface area contributed by atoms with Gasteiger partial charge in [-0.2, -0.15) is 5.26 Å². The minimum atomic E-state index is -0.954. The second-order valence-corrected chi connectivity index (χ2v) is 11.9. The van der Waals surface area contributed by atoms with Gasteiger partial charge in [-0.25, -0.2) is 4.79 Å². The van der Waals surface area contributed by atoms with Gasteiger partial charge in [0.05, 0.1) is 18.0 Å². The first kappa shape index (κ1) is 30.8. The van der Waals surface area contributed by atoms with Crippen molar-refractivity contribution in [1.29, 1.82) is 5.26 Å². The van der Waals surface area contributed by atoms with Crippen LogP contribution in [0.2, 0.25) is 0 Å². The first-order valence-corrected chi connectivity index (χ1v) is 14.9. The van der Waals surface area contributed by atoms with E-state index in [9.17, 15) is 19.6 Å². The maximum absolute atomic E-state index is 13.0. The van der Waals surface area contributed by atoms with Gasteiger partial charge >= 0.3 is 5.76 Å². The Morgan fingerprint density at radius 3 is 2.36 bits per heavy atom. The molecule has 11 heteroatoms. The molecule has 2 aliphatic rings. The molecular weight excluding hydrogens is 558 g/mol. The summed E-state index contributed by atoms with van der Waals surface area (Å²) in [7, 11) is 7.35. The number of fused-ring (bicyclic) bond motifs is 2. The fourth-order valence-corrected chi connectivity index (χ4v) is 6.51. The van der Waals surface area contributed by atoms with Crippen molar-refractivity contribution in [3.63, 3.8) is 0 Å². The fraction of sp³-hybridized carbons (Fsp3) is 0.424. The molecule has 44 heavy (non-hydrogen) atoms. The number of nitrogens with zero attached hydrogens (tertiary/aromatic N) is 5. The second kappa shape index (κ2) is 12.5. The highest BCUT2D eigenvalue weighted by Crippen LogP contribution is 2.46. The molecule has 0 radical (unpaired) electrons. The van der Waals surface area contributed by atoms with Crippen molar-refractivity contribution in [2.45, 2.75) is 43.6 Å². The lowest BCUT2D eigenvalue weighted by Crippen LogP contribution is -2.42. The molecule has 1 aliphatic heterocycles. The zero-order chi connectivity index (χ0) is 31.6. The van der Waals surface area contributed by atoms with Gasteiger partial charge in [0.25, 0.3) is 5.91 Å². The molecule has 2 aromatic carbocycles. The Bertz CT molecular complexity index is 1610. The van der Waals surface area contributed by atoms with Crippen LogP contribution in [0.25, 0.3) is 5.70 Å². The lowest BCUT2D eigenvalue weighted by molar-refractivity contribution is -0.130. The molecule has 2 unspecified atom stereocenters. The number of hydrogen-bond acceptors (Lipinski definition) is 8. The summed E-state index contributed by atoms with van der Waals surface area (Å²) in [6.07, 6.45) is 3.30. The van der Waals surface area contributed by atoms with Crippen molar-refractivity contribution >= 4 is 17.5 Å². The van der Waals surface area contributed by atoms with E-state index < -0.39 is 11.2 Å². The Labute approximate surface area is 257 Å². The molecule has 5 rings (SSSR count). The van der Waals surface area contributed by atoms with E-state index in [4.69, 9.17) is 4.52 Å². The Morgan fingerprint density at radius 2 is 1.77 bits per heavy atom. The summed E-state index contributed by atoms with van der Waals surface area (Å²) in [5.74, 6) is -0.519. The van der Waals surface area contributed by atoms with Crippen LogP contribution in [0.4, 0.5) is 0 Å². The Kier molecular flexibility index (Phi) is 8.74. The lowest BCUT2D eigenvalue weighted by atomic mass is 9.69. The van der Waals surface area contributed by atoms with Crippen LogP contribution in [0.1, 0.15) is 63.3 Å². The van der Waals surface area contributed by atoms with Crippen LogP contribution < -0.4 is 11.1 Å². The van der Waals surface area contributed by atoms with Gasteiger partial charge in [-0.3, -0.25) is 19.1 Å². The van der Waals surface area contributed by atoms with E-state index in [1.54, 1.807) is 23.9 Å². The monoisotopic (exact) mass is 597 g/mol. The van der Waals surface area contributed by atoms with Crippen molar-refractivity contribution in [3.8, 4) is 6.07 Å². The standard InChI is InChI=1S/C33H39N7O4/c1-21(38(2)3)22-10-12-27-23(17-22)8-9-24-18-25(30(42)39(4)5)11-13-28(24)33(27,31-36-32(43)44-37-31)14-15-35-20-29(41)40-16-6-7-26(40)19-34/h10-13,17-18,26,35H,1,6-9,14-16,20H2,2-5H3,(H,36,37,43). The van der Waals surface area contributed by atoms with Crippen molar-refractivity contribution < 1.29 is 14.1 Å². The second-order valence-electron chi connectivity index (χ2n) is 11.9. The van der Waals surface area contributed by atoms with E-state index in [1.165, 1.54) is 0 Å². The number of aryl methyl sites for hydroxylation is 2. The van der Waals surface area contributed by atoms with Crippen LogP contribution in [-0.4, -0.2) is 90.5 Å². The molecule has 2 amide bonds. The smallest absolute Gasteiger partial charge is 0.378 e. The van der Waals surface area contributed by atoms with Gasteiger partial charge in [0.1, 0.15) is 6.04 Å². The van der Waals surface area contributed by atoms with Crippen molar-refractivity contribution in [1.82, 2.24) is 30.2 Å². The average Bonchev–Trinajstić information content (AvgIpc) is 3.66. The van der Waals surface area contributed by atoms with Gasteiger partial charge in [-0.1, -0.05) is 29.9 Å². The molecule has 2 heterocycles. The molecule has 2 N–H and O–H groups in total. The summed E-state index contributed by atoms with van der Waals surface area (Å²) in [4.78, 5) is 46.3. The third-order valence-electron chi connectivity index (χ3n) is 8.84. The van der Waals surface area contributed by atoms with E-state index in [0.717, 1.165) is 39.9 Å². The lowest BCUT2D eigenvalue weighted by Gasteiger charge is -2.35. The number of aromatic nitrogens is 2. The van der Waals surface area contributed by atoms with Crippen molar-refractivity contribution in [3.05, 3.63) is 92.7 Å². The van der Waals surface area contributed by atoms with Crippen LogP contribution in [0.15, 0.2) is 52.3 Å². The van der Waals surface area contributed by atoms with Crippen LogP contribution in [0.3, 0.4) is 0 Å². The predicted octanol–water partition coefficient (Wildman–Crippen LogP) is 2.52. The first-order valence-electron chi connectivity index (χ1n) is 14.9. The normalized spacial score (nSPS) is 19.0. The molecule has 1 aromatic heterocycles. The number of carbonyl (C=O) groups excluding carboxylic acids is 2. The van der Waals surface area contributed by atoms with Crippen LogP contribution in [-0.2, 0) is 23.1 Å². The summed E-state index contributed by atoms with van der Waals surface area (Å²) >= 11 is 0. The number of nitriles is 1. The van der Waals surface area contributed by atoms with Crippen molar-refractivity contribution in [2.75, 3.05) is 47.8 Å². The third-order valence-corrected chi connectivity index (χ3v) is 8.84. The fourth-order valence-electron chi connectivity index (χ4n) is 6.51. The zero-order valence-electron chi connectivity index (χ0n) is 25.8. The zero-order valence-corrected chi connectivity index (χ0v) is 25.8. The molecule has 0 saturated carbocycles. The van der Waals surface area contributed by atoms with E-state index >= 15 is 0 Å². The molecule has 1 saturated heterocycles. The minimum Gasteiger partial charge on any atom is -0.378 e. The number of rotatable bonds is 9. The first-order chi connectivity index (χ1) is 21.1. The van der Waals surface area contributed by atoms with Gasteiger partial charge in [-0.05, 0) is 84.7 Å². The molecule has 1 aliphatic carbocycles. The van der Waals surface area contributed by atoms with Crippen LogP contribution in [0, 0.1) is 11.3 Å². The highest BCUT2D eigenvalue weighted by atomic mass is 16.5. The van der Waals surface area contributed by atoms with E-state index in [-0.39, 0.29) is 24.4 Å². The van der Waals surface area contributed by atoms with E-state index in [2.05, 4.69) is 40.2 Å². The van der Waals surface area contributed by atoms with Crippen LogP contribution >= 0.6 is 0 Å². The summed E-state index contributed by atoms with van der Waals surface area (Å²) in [5, 5.41) is 17.0. The molecule has 11 nitrogen and oxygen atoms in total. The highest BCUT2D eigenvalue weighted by molar-refractivity contribution is 5.94. The number of amides is 2. The molecular formula is C33H39N7O4. The SMILES string of the molecule is C=C(c1ccc2c(c1)CCc1cc(C(=O)N(C)C)ccc1C2(CCNCC(=O)N1CCCC1C#N)c1noc(=O)[nH]1)N(C)C. The Hall–Kier alpha value is -4.69. The number of hydrogen-bond donors (Lipinski definition) is 2. The summed E-state index contributed by atoms with van der Waals surface area (Å²) < 4.78 is 5.08. The van der Waals surface area contributed by atoms with Gasteiger partial charge in [0, 0.05) is 46.0 Å². The predicted molar refractivity (Wildman–Crippen MR) is 166 cm³/mol. The van der Waals surface area contributed by atoms with E-state index in [0.29, 0.717) is 50.2 Å². The number of aromatic amines is 1. The maximum Gasteiger partial charge on any atom is 0.438 e. The van der Waals surface area contributed by atoms with Crippen LogP contribution in [0.5, 0.6) is 0 Å². The van der Waals surface area contributed by atoms with Gasteiger partial charge in [0.2, 0.25) is 5.91 Å². The molecule has 1 fully saturated rings. The average molecular weight is 598 g/mol. The summed E-state index contributed by atoms with van der Waals surface area (Å²) in [6, 6.07) is 13.8. The molecule has 3 aromatic rings. The third kappa shape index (κ3) is 5.65. The Morgan fingerprint density at radius 1 is 1.11 bits per heavy atom. The number of benzene rings is 2. The minimum absolute atomic E-state index is 0.0845. The number of H-pyrrole nitrogens is 1. The molecule has 230 valence electrons. The number of nitrogens with one attached hydrogen (secondary N) is 2. The number of likely N-dealkylation sites (tertiary alicyclic amines) is 1. The summed E-state index contributed by atoms with van der Waals surface area (Å²) in [5.41, 5.74) is 5.37. The Balaban J connectivity index is 1.60. The molecule has 0 bridgehead atoms. The largest absolute Gasteiger partial charge is 0.438 e. The quantitative estimate of drug-likeness (QED) is 0.359. The van der Waals surface area contributed by atoms with Gasteiger partial charge < -0.3 is 20.0 Å². The van der Waals surface area contributed by atoms with Gasteiger partial charge in [-0.15, -0.1) is 0 Å². The molecule has 0 spiro atoms. The summed E-state index contributed by atoms with van der Waals surface area (Å²) in [6.45, 7) is 5.31. The maximum atomic E-state index is 13.0. The number of carbonyl (C=O) groups is 2.